The van der Waals surface area contributed by atoms with Gasteiger partial charge in [0.05, 0.1) is 26.2 Å². The van der Waals surface area contributed by atoms with Crippen molar-refractivity contribution in [2.75, 3.05) is 19.8 Å². The van der Waals surface area contributed by atoms with E-state index in [1.165, 1.54) is 0 Å². The normalized spacial score (nSPS) is 12.1. The van der Waals surface area contributed by atoms with Gasteiger partial charge in [-0.3, -0.25) is 13.8 Å². The molecule has 1 atom stereocenters. The maximum Gasteiger partial charge on any atom is 1.00 e. The van der Waals surface area contributed by atoms with Crippen molar-refractivity contribution in [3.8, 4) is 0 Å². The van der Waals surface area contributed by atoms with Gasteiger partial charge in [0.15, 0.2) is 5.25 Å². The molecule has 9 heteroatoms. The summed E-state index contributed by atoms with van der Waals surface area (Å²) in [5, 5.41) is -1.68. The summed E-state index contributed by atoms with van der Waals surface area (Å²) in [6.07, 6.45) is 2.80. The number of rotatable bonds is 12. The Labute approximate surface area is 182 Å². The van der Waals surface area contributed by atoms with E-state index in [0.717, 1.165) is 19.3 Å². The molecule has 0 saturated carbocycles. The molecule has 0 heterocycles. The van der Waals surface area contributed by atoms with Gasteiger partial charge >= 0.3 is 63.3 Å². The number of carbonyl (C=O) groups is 2. The smallest absolute Gasteiger partial charge is 1.00 e. The summed E-state index contributed by atoms with van der Waals surface area (Å²) in [7, 11) is -4.22. The summed E-state index contributed by atoms with van der Waals surface area (Å²) >= 11 is 0. The number of hydrogen-bond donors (Lipinski definition) is 0. The second kappa shape index (κ2) is 14.8. The Morgan fingerprint density at radius 3 is 2.13 bits per heavy atom. The van der Waals surface area contributed by atoms with Gasteiger partial charge in [-0.25, -0.2) is 0 Å². The van der Waals surface area contributed by atoms with E-state index in [4.69, 9.17) is 8.92 Å². The van der Waals surface area contributed by atoms with E-state index in [0.29, 0.717) is 6.42 Å². The molecule has 0 radical (unpaired) electrons. The Bertz CT molecular complexity index is 442. The minimum atomic E-state index is -4.22. The number of carbonyl (C=O) groups excluding carboxylic acids is 2. The molecule has 0 aliphatic rings. The molecule has 0 aromatic rings. The van der Waals surface area contributed by atoms with E-state index in [1.807, 2.05) is 6.92 Å². The molecule has 0 aromatic carbocycles. The summed E-state index contributed by atoms with van der Waals surface area (Å²) in [6, 6.07) is 0. The van der Waals surface area contributed by atoms with Gasteiger partial charge in [0.25, 0.3) is 10.1 Å². The van der Waals surface area contributed by atoms with Crippen LogP contribution in [0.1, 0.15) is 54.3 Å². The predicted octanol–water partition coefficient (Wildman–Crippen LogP) is -1.09. The van der Waals surface area contributed by atoms with Crippen molar-refractivity contribution in [1.29, 1.82) is 0 Å². The first-order valence-electron chi connectivity index (χ1n) is 7.59. The zero-order chi connectivity index (χ0) is 17.0. The maximum atomic E-state index is 12.1. The zero-order valence-corrected chi connectivity index (χ0v) is 18.4. The molecule has 0 fully saturated rings. The van der Waals surface area contributed by atoms with Gasteiger partial charge in [-0.1, -0.05) is 26.2 Å². The molecular formula is C14H27KO7S. The van der Waals surface area contributed by atoms with Crippen LogP contribution in [0.25, 0.3) is 0 Å². The average Bonchev–Trinajstić information content (AvgIpc) is 2.45. The molecule has 0 amide bonds. The van der Waals surface area contributed by atoms with Crippen LogP contribution in [-0.4, -0.2) is 45.4 Å². The molecule has 0 aliphatic heterocycles. The van der Waals surface area contributed by atoms with Gasteiger partial charge in [-0.2, -0.15) is 8.42 Å². The van der Waals surface area contributed by atoms with E-state index < -0.39 is 33.7 Å². The average molecular weight is 379 g/mol. The largest absolute Gasteiger partial charge is 1.00 e. The summed E-state index contributed by atoms with van der Waals surface area (Å²) in [4.78, 5) is 23.2. The van der Waals surface area contributed by atoms with Gasteiger partial charge < -0.3 is 10.9 Å². The van der Waals surface area contributed by atoms with E-state index in [9.17, 15) is 18.0 Å². The Morgan fingerprint density at radius 2 is 1.61 bits per heavy atom. The fourth-order valence-corrected chi connectivity index (χ4v) is 2.85. The van der Waals surface area contributed by atoms with Crippen molar-refractivity contribution in [2.24, 2.45) is 0 Å². The molecule has 0 rings (SSSR count). The van der Waals surface area contributed by atoms with E-state index in [1.54, 1.807) is 13.8 Å². The fourth-order valence-electron chi connectivity index (χ4n) is 1.70. The van der Waals surface area contributed by atoms with Gasteiger partial charge in [-0.05, 0) is 20.3 Å². The summed E-state index contributed by atoms with van der Waals surface area (Å²) in [6.45, 7) is 5.29. The van der Waals surface area contributed by atoms with Crippen molar-refractivity contribution < 1.29 is 84.5 Å². The first-order chi connectivity index (χ1) is 10.4. The topological polar surface area (TPSA) is 96.0 Å². The minimum absolute atomic E-state index is 0. The third-order valence-electron chi connectivity index (χ3n) is 2.80. The Hall–Kier alpha value is 0.486. The predicted molar refractivity (Wildman–Crippen MR) is 81.8 cm³/mol. The van der Waals surface area contributed by atoms with Gasteiger partial charge in [0.1, 0.15) is 0 Å². The van der Waals surface area contributed by atoms with Crippen molar-refractivity contribution in [2.45, 2.75) is 58.1 Å². The molecule has 0 saturated heterocycles. The molecule has 132 valence electrons. The fraction of sp³-hybridized carbons (Fsp3) is 0.857. The summed E-state index contributed by atoms with van der Waals surface area (Å²) in [5.74, 6) is -1.78. The van der Waals surface area contributed by atoms with Crippen LogP contribution < -0.4 is 51.4 Å². The molecule has 7 nitrogen and oxygen atoms in total. The number of esters is 2. The van der Waals surface area contributed by atoms with Crippen molar-refractivity contribution >= 4 is 22.1 Å². The van der Waals surface area contributed by atoms with E-state index >= 15 is 0 Å². The van der Waals surface area contributed by atoms with Crippen LogP contribution in [0.3, 0.4) is 0 Å². The standard InChI is InChI=1S/C14H26O7S.K.H/c1-4-7-8-9-10-21-22(17,18)12(14(16)20-6-3)11-13(15)19-5-2;;/h12H,4-11H2,1-3H3;;/q;+1;-1. The van der Waals surface area contributed by atoms with Crippen LogP contribution in [0.4, 0.5) is 0 Å². The van der Waals surface area contributed by atoms with Gasteiger partial charge in [-0.15, -0.1) is 0 Å². The third kappa shape index (κ3) is 11.6. The second-order valence-corrected chi connectivity index (χ2v) is 6.42. The third-order valence-corrected chi connectivity index (χ3v) is 4.35. The van der Waals surface area contributed by atoms with Gasteiger partial charge in [0.2, 0.25) is 0 Å². The molecule has 1 unspecified atom stereocenters. The minimum Gasteiger partial charge on any atom is -1.00 e. The molecule has 0 N–H and O–H groups in total. The molecule has 0 aromatic heterocycles. The Kier molecular flexibility index (Phi) is 16.6. The first-order valence-corrected chi connectivity index (χ1v) is 9.06. The van der Waals surface area contributed by atoms with Crippen LogP contribution in [-0.2, 0) is 33.4 Å². The van der Waals surface area contributed by atoms with Crippen LogP contribution in [0.15, 0.2) is 0 Å². The van der Waals surface area contributed by atoms with Crippen LogP contribution in [0.2, 0.25) is 0 Å². The van der Waals surface area contributed by atoms with Crippen LogP contribution in [0, 0.1) is 0 Å². The monoisotopic (exact) mass is 378 g/mol. The van der Waals surface area contributed by atoms with Gasteiger partial charge in [0, 0.05) is 0 Å². The van der Waals surface area contributed by atoms with E-state index in [2.05, 4.69) is 4.74 Å². The zero-order valence-electron chi connectivity index (χ0n) is 15.5. The van der Waals surface area contributed by atoms with Crippen molar-refractivity contribution in [3.63, 3.8) is 0 Å². The number of unbranched alkanes of at least 4 members (excludes halogenated alkanes) is 3. The first kappa shape index (κ1) is 25.7. The molecule has 0 spiro atoms. The summed E-state index contributed by atoms with van der Waals surface area (Å²) in [5.41, 5.74) is 0. The molecule has 0 aliphatic carbocycles. The second-order valence-electron chi connectivity index (χ2n) is 4.63. The SMILES string of the molecule is CCCCCCOS(=O)(=O)C(CC(=O)OCC)C(=O)OCC.[H-].[K+]. The molecule has 23 heavy (non-hydrogen) atoms. The maximum absolute atomic E-state index is 12.1. The van der Waals surface area contributed by atoms with Crippen molar-refractivity contribution in [3.05, 3.63) is 0 Å². The number of ether oxygens (including phenoxy) is 2. The van der Waals surface area contributed by atoms with Crippen LogP contribution >= 0.6 is 0 Å². The van der Waals surface area contributed by atoms with Crippen molar-refractivity contribution in [1.82, 2.24) is 0 Å². The number of hydrogen-bond acceptors (Lipinski definition) is 7. The molecule has 0 bridgehead atoms. The summed E-state index contributed by atoms with van der Waals surface area (Å²) < 4.78 is 38.4. The van der Waals surface area contributed by atoms with E-state index in [-0.39, 0.29) is 72.6 Å². The Morgan fingerprint density at radius 1 is 1.00 bits per heavy atom. The quantitative estimate of drug-likeness (QED) is 0.184. The van der Waals surface area contributed by atoms with Crippen LogP contribution in [0.5, 0.6) is 0 Å². The Balaban J connectivity index is -0.00000220. The molecular weight excluding hydrogens is 351 g/mol.